The fourth-order valence-corrected chi connectivity index (χ4v) is 2.90. The molecule has 1 aromatic heterocycles. The van der Waals surface area contributed by atoms with E-state index in [2.05, 4.69) is 10.3 Å². The number of nitrogens with one attached hydrogen (secondary N) is 1. The van der Waals surface area contributed by atoms with Crippen molar-refractivity contribution in [3.05, 3.63) is 47.7 Å². The van der Waals surface area contributed by atoms with Crippen LogP contribution < -0.4 is 14.8 Å². The van der Waals surface area contributed by atoms with Crippen LogP contribution in [0, 0.1) is 0 Å². The van der Waals surface area contributed by atoms with Crippen LogP contribution >= 0.6 is 11.8 Å². The highest BCUT2D eigenvalue weighted by Crippen LogP contribution is 2.37. The van der Waals surface area contributed by atoms with Gasteiger partial charge < -0.3 is 14.8 Å². The minimum atomic E-state index is -4.52. The van der Waals surface area contributed by atoms with E-state index in [0.29, 0.717) is 30.3 Å². The van der Waals surface area contributed by atoms with Crippen molar-refractivity contribution in [2.24, 2.45) is 0 Å². The highest BCUT2D eigenvalue weighted by molar-refractivity contribution is 8.00. The lowest BCUT2D eigenvalue weighted by atomic mass is 10.1. The molecule has 1 aliphatic heterocycles. The number of carbonyl (C=O) groups excluding carboxylic acids is 1. The highest BCUT2D eigenvalue weighted by atomic mass is 32.2. The average molecular weight is 370 g/mol. The predicted molar refractivity (Wildman–Crippen MR) is 84.8 cm³/mol. The molecule has 2 heterocycles. The molecule has 0 spiro atoms. The zero-order valence-electron chi connectivity index (χ0n) is 12.8. The van der Waals surface area contributed by atoms with E-state index in [-0.39, 0.29) is 17.1 Å². The number of alkyl halides is 3. The summed E-state index contributed by atoms with van der Waals surface area (Å²) in [6.45, 7) is 0.930. The Hall–Kier alpha value is -2.42. The van der Waals surface area contributed by atoms with Gasteiger partial charge in [-0.1, -0.05) is 12.1 Å². The fourth-order valence-electron chi connectivity index (χ4n) is 2.30. The Morgan fingerprint density at radius 2 is 2.00 bits per heavy atom. The lowest BCUT2D eigenvalue weighted by Crippen LogP contribution is -2.25. The Morgan fingerprint density at radius 3 is 2.80 bits per heavy atom. The molecule has 0 fully saturated rings. The van der Waals surface area contributed by atoms with Gasteiger partial charge in [0, 0.05) is 30.1 Å². The minimum Gasteiger partial charge on any atom is -0.486 e. The molecule has 0 saturated heterocycles. The molecule has 0 saturated carbocycles. The van der Waals surface area contributed by atoms with E-state index in [1.807, 2.05) is 0 Å². The summed E-state index contributed by atoms with van der Waals surface area (Å²) in [5.41, 5.74) is -3.97. The van der Waals surface area contributed by atoms with Gasteiger partial charge in [-0.05, 0) is 18.2 Å². The Balaban J connectivity index is 1.74. The molecule has 9 heteroatoms. The van der Waals surface area contributed by atoms with E-state index in [0.717, 1.165) is 0 Å². The molecule has 0 aliphatic carbocycles. The number of halogens is 3. The number of ether oxygens (including phenoxy) is 2. The van der Waals surface area contributed by atoms with Gasteiger partial charge in [-0.2, -0.15) is 13.2 Å². The molecular formula is C16H13F3N2O3S. The van der Waals surface area contributed by atoms with E-state index in [1.54, 1.807) is 18.2 Å². The SMILES string of the molecule is O=C(NCc1cccc2c1OCCO2)c1cccnc1SC(F)(F)F. The lowest BCUT2D eigenvalue weighted by Gasteiger charge is -2.21. The summed E-state index contributed by atoms with van der Waals surface area (Å²) in [6, 6.07) is 7.97. The summed E-state index contributed by atoms with van der Waals surface area (Å²) in [4.78, 5) is 15.9. The quantitative estimate of drug-likeness (QED) is 0.836. The lowest BCUT2D eigenvalue weighted by molar-refractivity contribution is -0.0329. The Bertz CT molecular complexity index is 783. The van der Waals surface area contributed by atoms with Crippen molar-refractivity contribution in [1.82, 2.24) is 10.3 Å². The number of pyridine rings is 1. The van der Waals surface area contributed by atoms with Gasteiger partial charge in [0.25, 0.3) is 5.91 Å². The molecule has 1 N–H and O–H groups in total. The summed E-state index contributed by atoms with van der Waals surface area (Å²) >= 11 is -0.416. The number of rotatable bonds is 4. The maximum atomic E-state index is 12.6. The van der Waals surface area contributed by atoms with Crippen LogP contribution in [-0.4, -0.2) is 29.6 Å². The van der Waals surface area contributed by atoms with Crippen LogP contribution in [0.2, 0.25) is 0 Å². The van der Waals surface area contributed by atoms with Gasteiger partial charge in [0.2, 0.25) is 0 Å². The third-order valence-corrected chi connectivity index (χ3v) is 4.07. The molecule has 1 aliphatic rings. The van der Waals surface area contributed by atoms with Crippen molar-refractivity contribution < 1.29 is 27.4 Å². The maximum absolute atomic E-state index is 12.6. The normalized spacial score (nSPS) is 13.4. The molecule has 25 heavy (non-hydrogen) atoms. The van der Waals surface area contributed by atoms with Crippen LogP contribution in [0.3, 0.4) is 0 Å². The van der Waals surface area contributed by atoms with E-state index in [9.17, 15) is 18.0 Å². The van der Waals surface area contributed by atoms with Gasteiger partial charge in [-0.15, -0.1) is 0 Å². The van der Waals surface area contributed by atoms with Crippen molar-refractivity contribution in [3.8, 4) is 11.5 Å². The summed E-state index contributed by atoms with van der Waals surface area (Å²) in [6.07, 6.45) is 1.21. The number of benzene rings is 1. The number of hydrogen-bond donors (Lipinski definition) is 1. The fraction of sp³-hybridized carbons (Fsp3) is 0.250. The first-order valence-corrected chi connectivity index (χ1v) is 8.12. The standard InChI is InChI=1S/C16H13F3N2O3S/c17-16(18,19)25-15-11(4-2-6-20-15)14(22)21-9-10-3-1-5-12-13(10)24-8-7-23-12/h1-6H,7-9H2,(H,21,22). The first kappa shape index (κ1) is 17.4. The first-order valence-electron chi connectivity index (χ1n) is 7.30. The number of amides is 1. The number of para-hydroxylation sites is 1. The molecule has 3 rings (SSSR count). The van der Waals surface area contributed by atoms with Crippen LogP contribution in [0.25, 0.3) is 0 Å². The van der Waals surface area contributed by atoms with Crippen molar-refractivity contribution in [3.63, 3.8) is 0 Å². The molecule has 0 radical (unpaired) electrons. The summed E-state index contributed by atoms with van der Waals surface area (Å²) in [5, 5.41) is 2.21. The molecule has 5 nitrogen and oxygen atoms in total. The van der Waals surface area contributed by atoms with Gasteiger partial charge >= 0.3 is 5.51 Å². The smallest absolute Gasteiger partial charge is 0.447 e. The molecular weight excluding hydrogens is 357 g/mol. The second-order valence-corrected chi connectivity index (χ2v) is 6.08. The average Bonchev–Trinajstić information content (AvgIpc) is 2.58. The zero-order valence-corrected chi connectivity index (χ0v) is 13.6. The summed E-state index contributed by atoms with van der Waals surface area (Å²) in [7, 11) is 0. The van der Waals surface area contributed by atoms with Crippen LogP contribution in [0.15, 0.2) is 41.6 Å². The number of carbonyl (C=O) groups is 1. The molecule has 2 aromatic rings. The van der Waals surface area contributed by atoms with E-state index in [1.165, 1.54) is 18.3 Å². The molecule has 0 atom stereocenters. The zero-order chi connectivity index (χ0) is 17.9. The first-order chi connectivity index (χ1) is 11.9. The Morgan fingerprint density at radius 1 is 1.20 bits per heavy atom. The van der Waals surface area contributed by atoms with Crippen LogP contribution in [-0.2, 0) is 6.54 Å². The molecule has 0 unspecified atom stereocenters. The predicted octanol–water partition coefficient (Wildman–Crippen LogP) is 3.39. The Kier molecular flexibility index (Phi) is 5.03. The van der Waals surface area contributed by atoms with Gasteiger partial charge in [0.15, 0.2) is 11.5 Å². The van der Waals surface area contributed by atoms with Crippen LogP contribution in [0.1, 0.15) is 15.9 Å². The number of fused-ring (bicyclic) bond motifs is 1. The summed E-state index contributed by atoms with van der Waals surface area (Å²) < 4.78 is 48.7. The minimum absolute atomic E-state index is 0.0936. The molecule has 1 amide bonds. The second-order valence-electron chi connectivity index (χ2n) is 5.03. The molecule has 1 aromatic carbocycles. The highest BCUT2D eigenvalue weighted by Gasteiger charge is 2.32. The Labute approximate surface area is 145 Å². The van der Waals surface area contributed by atoms with Crippen molar-refractivity contribution in [2.45, 2.75) is 17.1 Å². The topological polar surface area (TPSA) is 60.5 Å². The van der Waals surface area contributed by atoms with Gasteiger partial charge in [-0.25, -0.2) is 4.98 Å². The van der Waals surface area contributed by atoms with Crippen molar-refractivity contribution in [1.29, 1.82) is 0 Å². The third kappa shape index (κ3) is 4.36. The van der Waals surface area contributed by atoms with Gasteiger partial charge in [0.05, 0.1) is 5.56 Å². The maximum Gasteiger partial charge on any atom is 0.447 e. The number of aromatic nitrogens is 1. The van der Waals surface area contributed by atoms with E-state index < -0.39 is 23.2 Å². The number of nitrogens with zero attached hydrogens (tertiary/aromatic N) is 1. The van der Waals surface area contributed by atoms with Gasteiger partial charge in [-0.3, -0.25) is 4.79 Å². The number of hydrogen-bond acceptors (Lipinski definition) is 5. The van der Waals surface area contributed by atoms with Gasteiger partial charge in [0.1, 0.15) is 18.2 Å². The van der Waals surface area contributed by atoms with Crippen LogP contribution in [0.5, 0.6) is 11.5 Å². The second kappa shape index (κ2) is 7.22. The summed E-state index contributed by atoms with van der Waals surface area (Å²) in [5.74, 6) is 0.465. The van der Waals surface area contributed by atoms with E-state index >= 15 is 0 Å². The third-order valence-electron chi connectivity index (χ3n) is 3.32. The number of thioether (sulfide) groups is 1. The van der Waals surface area contributed by atoms with Crippen molar-refractivity contribution in [2.75, 3.05) is 13.2 Å². The van der Waals surface area contributed by atoms with E-state index in [4.69, 9.17) is 9.47 Å². The largest absolute Gasteiger partial charge is 0.486 e. The monoisotopic (exact) mass is 370 g/mol. The van der Waals surface area contributed by atoms with Crippen LogP contribution in [0.4, 0.5) is 13.2 Å². The van der Waals surface area contributed by atoms with Crippen molar-refractivity contribution >= 4 is 17.7 Å². The molecule has 132 valence electrons. The molecule has 0 bridgehead atoms.